The normalized spacial score (nSPS) is 13.1. The molecular weight excluding hydrogens is 222 g/mol. The lowest BCUT2D eigenvalue weighted by atomic mass is 9.86. The minimum absolute atomic E-state index is 0.0416. The molecule has 0 spiro atoms. The molecule has 0 aliphatic heterocycles. The molecule has 5 nitrogen and oxygen atoms in total. The summed E-state index contributed by atoms with van der Waals surface area (Å²) in [4.78, 5) is 33.2. The quantitative estimate of drug-likeness (QED) is 0.705. The number of carbonyl (C=O) groups is 3. The fraction of sp³-hybridized carbons (Fsp3) is 0.750. The van der Waals surface area contributed by atoms with Crippen molar-refractivity contribution >= 4 is 17.7 Å². The van der Waals surface area contributed by atoms with Gasteiger partial charge in [0.05, 0.1) is 0 Å². The molecule has 0 saturated heterocycles. The molecule has 0 aliphatic rings. The van der Waals surface area contributed by atoms with E-state index in [0.29, 0.717) is 6.42 Å². The second-order valence-electron chi connectivity index (χ2n) is 5.51. The minimum atomic E-state index is -0.987. The minimum Gasteiger partial charge on any atom is -0.481 e. The van der Waals surface area contributed by atoms with E-state index in [1.807, 2.05) is 20.8 Å². The molecule has 0 aromatic rings. The van der Waals surface area contributed by atoms with Crippen LogP contribution in [0.3, 0.4) is 0 Å². The number of amides is 1. The SMILES string of the molecule is CC(C)(C)CC(=O)CC(CCC(=O)O)C(N)=O. The average Bonchev–Trinajstić information content (AvgIpc) is 2.08. The topological polar surface area (TPSA) is 97.5 Å². The molecule has 1 amide bonds. The highest BCUT2D eigenvalue weighted by atomic mass is 16.4. The van der Waals surface area contributed by atoms with Crippen molar-refractivity contribution in [3.05, 3.63) is 0 Å². The van der Waals surface area contributed by atoms with Gasteiger partial charge in [0.1, 0.15) is 5.78 Å². The van der Waals surface area contributed by atoms with Gasteiger partial charge < -0.3 is 10.8 Å². The Hall–Kier alpha value is -1.39. The number of Topliss-reactive ketones (excluding diaryl/α,β-unsaturated/α-hetero) is 1. The van der Waals surface area contributed by atoms with Crippen LogP contribution in [0.25, 0.3) is 0 Å². The second kappa shape index (κ2) is 6.37. The summed E-state index contributed by atoms with van der Waals surface area (Å²) in [6.07, 6.45) is 0.390. The molecule has 0 aromatic carbocycles. The van der Waals surface area contributed by atoms with Crippen LogP contribution in [0.4, 0.5) is 0 Å². The standard InChI is InChI=1S/C12H21NO4/c1-12(2,3)7-9(14)6-8(11(13)17)4-5-10(15)16/h8H,4-7H2,1-3H3,(H2,13,17)(H,15,16). The molecule has 1 atom stereocenters. The maximum absolute atomic E-state index is 11.7. The van der Waals surface area contributed by atoms with E-state index in [1.165, 1.54) is 0 Å². The number of rotatable bonds is 7. The van der Waals surface area contributed by atoms with Crippen LogP contribution in [0, 0.1) is 11.3 Å². The van der Waals surface area contributed by atoms with Gasteiger partial charge in [-0.25, -0.2) is 0 Å². The van der Waals surface area contributed by atoms with Crippen LogP contribution in [-0.4, -0.2) is 22.8 Å². The fourth-order valence-corrected chi connectivity index (χ4v) is 1.58. The Balaban J connectivity index is 4.30. The van der Waals surface area contributed by atoms with Crippen LogP contribution >= 0.6 is 0 Å². The zero-order valence-electron chi connectivity index (χ0n) is 10.7. The van der Waals surface area contributed by atoms with Crippen molar-refractivity contribution in [1.29, 1.82) is 0 Å². The smallest absolute Gasteiger partial charge is 0.303 e. The second-order valence-corrected chi connectivity index (χ2v) is 5.51. The van der Waals surface area contributed by atoms with Gasteiger partial charge in [-0.15, -0.1) is 0 Å². The van der Waals surface area contributed by atoms with E-state index in [0.717, 1.165) is 0 Å². The average molecular weight is 243 g/mol. The van der Waals surface area contributed by atoms with E-state index in [-0.39, 0.29) is 30.5 Å². The zero-order chi connectivity index (χ0) is 13.6. The van der Waals surface area contributed by atoms with Crippen LogP contribution in [0.1, 0.15) is 46.5 Å². The molecule has 0 rings (SSSR count). The maximum Gasteiger partial charge on any atom is 0.303 e. The Kier molecular flexibility index (Phi) is 5.85. The van der Waals surface area contributed by atoms with Crippen LogP contribution in [-0.2, 0) is 14.4 Å². The molecule has 98 valence electrons. The van der Waals surface area contributed by atoms with Gasteiger partial charge in [-0.05, 0) is 11.8 Å². The van der Waals surface area contributed by atoms with Crippen molar-refractivity contribution in [2.75, 3.05) is 0 Å². The van der Waals surface area contributed by atoms with E-state index >= 15 is 0 Å². The van der Waals surface area contributed by atoms with Crippen LogP contribution in [0.2, 0.25) is 0 Å². The molecule has 1 unspecified atom stereocenters. The number of ketones is 1. The molecular formula is C12H21NO4. The summed E-state index contributed by atoms with van der Waals surface area (Å²) in [6, 6.07) is 0. The number of hydrogen-bond acceptors (Lipinski definition) is 3. The van der Waals surface area contributed by atoms with Crippen molar-refractivity contribution in [3.8, 4) is 0 Å². The first-order valence-corrected chi connectivity index (χ1v) is 5.64. The summed E-state index contributed by atoms with van der Waals surface area (Å²) in [5.74, 6) is -2.30. The number of nitrogens with two attached hydrogens (primary N) is 1. The molecule has 5 heteroatoms. The van der Waals surface area contributed by atoms with Gasteiger partial charge in [0.25, 0.3) is 0 Å². The number of hydrogen-bond donors (Lipinski definition) is 2. The summed E-state index contributed by atoms with van der Waals surface area (Å²) in [5, 5.41) is 8.53. The summed E-state index contributed by atoms with van der Waals surface area (Å²) >= 11 is 0. The number of aliphatic carboxylic acids is 1. The van der Waals surface area contributed by atoms with Gasteiger partial charge in [-0.3, -0.25) is 14.4 Å². The predicted octanol–water partition coefficient (Wildman–Crippen LogP) is 1.35. The van der Waals surface area contributed by atoms with Crippen LogP contribution in [0.15, 0.2) is 0 Å². The van der Waals surface area contributed by atoms with Gasteiger partial charge in [0, 0.05) is 25.2 Å². The lowest BCUT2D eigenvalue weighted by molar-refractivity contribution is -0.138. The first-order valence-electron chi connectivity index (χ1n) is 5.64. The summed E-state index contributed by atoms with van der Waals surface area (Å²) in [6.45, 7) is 5.80. The Morgan fingerprint density at radius 1 is 1.24 bits per heavy atom. The monoisotopic (exact) mass is 243 g/mol. The van der Waals surface area contributed by atoms with E-state index in [1.54, 1.807) is 0 Å². The van der Waals surface area contributed by atoms with Crippen molar-refractivity contribution in [1.82, 2.24) is 0 Å². The van der Waals surface area contributed by atoms with Gasteiger partial charge in [0.15, 0.2) is 0 Å². The number of carbonyl (C=O) groups excluding carboxylic acids is 2. The highest BCUT2D eigenvalue weighted by Gasteiger charge is 2.23. The third-order valence-electron chi connectivity index (χ3n) is 2.31. The molecule has 0 radical (unpaired) electrons. The molecule has 0 bridgehead atoms. The zero-order valence-corrected chi connectivity index (χ0v) is 10.7. The van der Waals surface area contributed by atoms with Gasteiger partial charge in [-0.1, -0.05) is 20.8 Å². The van der Waals surface area contributed by atoms with Gasteiger partial charge >= 0.3 is 5.97 Å². The molecule has 0 aliphatic carbocycles. The molecule has 3 N–H and O–H groups in total. The molecule has 0 heterocycles. The first kappa shape index (κ1) is 15.6. The largest absolute Gasteiger partial charge is 0.481 e. The van der Waals surface area contributed by atoms with Crippen molar-refractivity contribution in [2.24, 2.45) is 17.1 Å². The highest BCUT2D eigenvalue weighted by molar-refractivity contribution is 5.86. The molecule has 0 fully saturated rings. The van der Waals surface area contributed by atoms with Crippen molar-refractivity contribution in [2.45, 2.75) is 46.5 Å². The Bertz CT molecular complexity index is 304. The van der Waals surface area contributed by atoms with Gasteiger partial charge in [-0.2, -0.15) is 0 Å². The maximum atomic E-state index is 11.7. The number of primary amides is 1. The molecule has 0 aromatic heterocycles. The lowest BCUT2D eigenvalue weighted by Crippen LogP contribution is -2.27. The summed E-state index contributed by atoms with van der Waals surface area (Å²) < 4.78 is 0. The number of carboxylic acids is 1. The predicted molar refractivity (Wildman–Crippen MR) is 63.3 cm³/mol. The molecule has 0 saturated carbocycles. The summed E-state index contributed by atoms with van der Waals surface area (Å²) in [7, 11) is 0. The van der Waals surface area contributed by atoms with Crippen LogP contribution in [0.5, 0.6) is 0 Å². The third kappa shape index (κ3) is 8.42. The van der Waals surface area contributed by atoms with Crippen molar-refractivity contribution in [3.63, 3.8) is 0 Å². The Morgan fingerprint density at radius 2 is 1.76 bits per heavy atom. The first-order chi connectivity index (χ1) is 7.61. The van der Waals surface area contributed by atoms with E-state index in [2.05, 4.69) is 0 Å². The third-order valence-corrected chi connectivity index (χ3v) is 2.31. The van der Waals surface area contributed by atoms with E-state index in [9.17, 15) is 14.4 Å². The lowest BCUT2D eigenvalue weighted by Gasteiger charge is -2.18. The fourth-order valence-electron chi connectivity index (χ4n) is 1.58. The van der Waals surface area contributed by atoms with Gasteiger partial charge in [0.2, 0.25) is 5.91 Å². The Labute approximate surface area is 101 Å². The highest BCUT2D eigenvalue weighted by Crippen LogP contribution is 2.22. The van der Waals surface area contributed by atoms with Crippen LogP contribution < -0.4 is 5.73 Å². The van der Waals surface area contributed by atoms with E-state index in [4.69, 9.17) is 10.8 Å². The summed E-state index contributed by atoms with van der Waals surface area (Å²) in [5.41, 5.74) is 5.02. The Morgan fingerprint density at radius 3 is 2.12 bits per heavy atom. The number of carboxylic acid groups (broad SMARTS) is 1. The van der Waals surface area contributed by atoms with Crippen molar-refractivity contribution < 1.29 is 19.5 Å². The van der Waals surface area contributed by atoms with E-state index < -0.39 is 17.8 Å². The molecule has 17 heavy (non-hydrogen) atoms.